The molecule has 11 heavy (non-hydrogen) atoms. The van der Waals surface area contributed by atoms with Crippen molar-refractivity contribution in [3.8, 4) is 0 Å². The molecule has 1 saturated heterocycles. The van der Waals surface area contributed by atoms with Gasteiger partial charge in [-0.15, -0.1) is 0 Å². The minimum atomic E-state index is -0.163. The Morgan fingerprint density at radius 2 is 2.55 bits per heavy atom. The Bertz CT molecular complexity index is 205. The predicted octanol–water partition coefficient (Wildman–Crippen LogP) is -0.121. The summed E-state index contributed by atoms with van der Waals surface area (Å²) in [6.45, 7) is 3.36. The van der Waals surface area contributed by atoms with Crippen LogP contribution in [0.3, 0.4) is 0 Å². The minimum Gasteiger partial charge on any atom is -0.463 e. The Morgan fingerprint density at radius 1 is 1.73 bits per heavy atom. The van der Waals surface area contributed by atoms with Crippen molar-refractivity contribution < 1.29 is 9.47 Å². The lowest BCUT2D eigenvalue weighted by atomic mass is 9.95. The van der Waals surface area contributed by atoms with E-state index in [1.807, 2.05) is 6.92 Å². The van der Waals surface area contributed by atoms with Gasteiger partial charge in [-0.3, -0.25) is 0 Å². The van der Waals surface area contributed by atoms with Crippen molar-refractivity contribution in [1.82, 2.24) is 0 Å². The summed E-state index contributed by atoms with van der Waals surface area (Å²) in [5.41, 5.74) is 5.26. The molecule has 2 aliphatic heterocycles. The van der Waals surface area contributed by atoms with E-state index in [1.165, 1.54) is 0 Å². The van der Waals surface area contributed by atoms with Crippen LogP contribution < -0.4 is 5.73 Å². The summed E-state index contributed by atoms with van der Waals surface area (Å²) in [5.74, 6) is 0. The highest BCUT2D eigenvalue weighted by Gasteiger charge is 2.45. The molecule has 62 valence electrons. The number of aliphatic imine (C=N–C) groups is 1. The molecule has 2 aliphatic rings. The first-order valence-electron chi connectivity index (χ1n) is 3.83. The van der Waals surface area contributed by atoms with Gasteiger partial charge in [0.1, 0.15) is 12.1 Å². The molecule has 4 heteroatoms. The van der Waals surface area contributed by atoms with E-state index in [2.05, 4.69) is 4.99 Å². The maximum absolute atomic E-state index is 5.42. The molecule has 0 aromatic heterocycles. The number of hydrogen-bond donors (Lipinski definition) is 1. The summed E-state index contributed by atoms with van der Waals surface area (Å²) < 4.78 is 10.5. The normalized spacial score (nSPS) is 42.6. The largest absolute Gasteiger partial charge is 0.463 e. The minimum absolute atomic E-state index is 0.142. The number of amidine groups is 1. The molecule has 2 rings (SSSR count). The SMILES string of the molecule is CC1OCCC12COC(N)=N2. The molecule has 0 aliphatic carbocycles. The first-order valence-corrected chi connectivity index (χ1v) is 3.83. The maximum Gasteiger partial charge on any atom is 0.282 e. The summed E-state index contributed by atoms with van der Waals surface area (Å²) in [4.78, 5) is 4.25. The second-order valence-corrected chi connectivity index (χ2v) is 3.11. The molecule has 2 unspecified atom stereocenters. The topological polar surface area (TPSA) is 56.8 Å². The first-order chi connectivity index (χ1) is 5.23. The number of rotatable bonds is 0. The zero-order valence-corrected chi connectivity index (χ0v) is 6.54. The van der Waals surface area contributed by atoms with Crippen LogP contribution in [0.4, 0.5) is 0 Å². The van der Waals surface area contributed by atoms with Crippen LogP contribution in [0.2, 0.25) is 0 Å². The van der Waals surface area contributed by atoms with Gasteiger partial charge in [0.25, 0.3) is 6.02 Å². The van der Waals surface area contributed by atoms with Gasteiger partial charge in [-0.2, -0.15) is 0 Å². The summed E-state index contributed by atoms with van der Waals surface area (Å²) >= 11 is 0. The molecule has 1 spiro atoms. The van der Waals surface area contributed by atoms with Crippen LogP contribution in [0.5, 0.6) is 0 Å². The van der Waals surface area contributed by atoms with Crippen molar-refractivity contribution in [2.45, 2.75) is 25.0 Å². The van der Waals surface area contributed by atoms with Crippen molar-refractivity contribution in [3.63, 3.8) is 0 Å². The highest BCUT2D eigenvalue weighted by atomic mass is 16.5. The van der Waals surface area contributed by atoms with E-state index in [9.17, 15) is 0 Å². The lowest BCUT2D eigenvalue weighted by Crippen LogP contribution is -2.35. The fourth-order valence-electron chi connectivity index (χ4n) is 1.59. The third kappa shape index (κ3) is 0.894. The molecule has 0 saturated carbocycles. The van der Waals surface area contributed by atoms with E-state index in [-0.39, 0.29) is 11.6 Å². The van der Waals surface area contributed by atoms with Crippen molar-refractivity contribution >= 4 is 6.02 Å². The predicted molar refractivity (Wildman–Crippen MR) is 40.3 cm³/mol. The average molecular weight is 156 g/mol. The third-order valence-electron chi connectivity index (χ3n) is 2.46. The van der Waals surface area contributed by atoms with Gasteiger partial charge in [-0.1, -0.05) is 0 Å². The van der Waals surface area contributed by atoms with Gasteiger partial charge in [-0.25, -0.2) is 4.99 Å². The van der Waals surface area contributed by atoms with Crippen LogP contribution in [-0.2, 0) is 9.47 Å². The van der Waals surface area contributed by atoms with E-state index in [0.29, 0.717) is 12.6 Å². The molecule has 0 aromatic carbocycles. The molecular weight excluding hydrogens is 144 g/mol. The van der Waals surface area contributed by atoms with E-state index in [4.69, 9.17) is 15.2 Å². The van der Waals surface area contributed by atoms with E-state index in [1.54, 1.807) is 0 Å². The van der Waals surface area contributed by atoms with Gasteiger partial charge in [-0.05, 0) is 6.92 Å². The van der Waals surface area contributed by atoms with Crippen molar-refractivity contribution in [1.29, 1.82) is 0 Å². The van der Waals surface area contributed by atoms with Gasteiger partial charge < -0.3 is 15.2 Å². The van der Waals surface area contributed by atoms with Crippen LogP contribution in [0.1, 0.15) is 13.3 Å². The molecule has 0 amide bonds. The van der Waals surface area contributed by atoms with Crippen LogP contribution in [0.25, 0.3) is 0 Å². The number of nitrogens with zero attached hydrogens (tertiary/aromatic N) is 1. The number of hydrogen-bond acceptors (Lipinski definition) is 4. The van der Waals surface area contributed by atoms with Crippen molar-refractivity contribution in [3.05, 3.63) is 0 Å². The molecular formula is C7H12N2O2. The maximum atomic E-state index is 5.42. The quantitative estimate of drug-likeness (QED) is 0.532. The summed E-state index contributed by atoms with van der Waals surface area (Å²) in [6.07, 6.45) is 1.07. The zero-order valence-electron chi connectivity index (χ0n) is 6.54. The molecule has 4 nitrogen and oxygen atoms in total. The first kappa shape index (κ1) is 6.91. The zero-order chi connectivity index (χ0) is 7.90. The van der Waals surface area contributed by atoms with Gasteiger partial charge >= 0.3 is 0 Å². The Hall–Kier alpha value is -0.770. The molecule has 1 fully saturated rings. The second-order valence-electron chi connectivity index (χ2n) is 3.11. The lowest BCUT2D eigenvalue weighted by molar-refractivity contribution is 0.0862. The molecule has 0 radical (unpaired) electrons. The van der Waals surface area contributed by atoms with Crippen LogP contribution >= 0.6 is 0 Å². The smallest absolute Gasteiger partial charge is 0.282 e. The molecule has 2 heterocycles. The Morgan fingerprint density at radius 3 is 3.00 bits per heavy atom. The highest BCUT2D eigenvalue weighted by Crippen LogP contribution is 2.32. The van der Waals surface area contributed by atoms with Gasteiger partial charge in [0.05, 0.1) is 6.10 Å². The van der Waals surface area contributed by atoms with Crippen molar-refractivity contribution in [2.75, 3.05) is 13.2 Å². The number of nitrogens with two attached hydrogens (primary N) is 1. The van der Waals surface area contributed by atoms with Crippen LogP contribution in [0.15, 0.2) is 4.99 Å². The fraction of sp³-hybridized carbons (Fsp3) is 0.857. The number of ether oxygens (including phenoxy) is 2. The Kier molecular flexibility index (Phi) is 1.32. The third-order valence-corrected chi connectivity index (χ3v) is 2.46. The summed E-state index contributed by atoms with van der Waals surface area (Å²) in [5, 5.41) is 0. The average Bonchev–Trinajstić information content (AvgIpc) is 2.46. The molecule has 0 bridgehead atoms. The van der Waals surface area contributed by atoms with Crippen molar-refractivity contribution in [2.24, 2.45) is 10.7 Å². The summed E-state index contributed by atoms with van der Waals surface area (Å²) in [7, 11) is 0. The van der Waals surface area contributed by atoms with Gasteiger partial charge in [0.15, 0.2) is 0 Å². The molecule has 2 atom stereocenters. The van der Waals surface area contributed by atoms with Gasteiger partial charge in [0, 0.05) is 13.0 Å². The second kappa shape index (κ2) is 2.11. The van der Waals surface area contributed by atoms with E-state index < -0.39 is 0 Å². The molecule has 2 N–H and O–H groups in total. The molecule has 0 aromatic rings. The van der Waals surface area contributed by atoms with E-state index in [0.717, 1.165) is 13.0 Å². The standard InChI is InChI=1S/C7H12N2O2/c1-5-7(2-3-10-5)4-11-6(8)9-7/h5H,2-4H2,1H3,(H2,8,9). The van der Waals surface area contributed by atoms with Gasteiger partial charge in [0.2, 0.25) is 0 Å². The van der Waals surface area contributed by atoms with E-state index >= 15 is 0 Å². The Balaban J connectivity index is 2.22. The Labute approximate surface area is 65.4 Å². The fourth-order valence-corrected chi connectivity index (χ4v) is 1.59. The van der Waals surface area contributed by atoms with Crippen LogP contribution in [0, 0.1) is 0 Å². The monoisotopic (exact) mass is 156 g/mol. The highest BCUT2D eigenvalue weighted by molar-refractivity contribution is 5.73. The van der Waals surface area contributed by atoms with Crippen LogP contribution in [-0.4, -0.2) is 30.9 Å². The lowest BCUT2D eigenvalue weighted by Gasteiger charge is -2.20. The summed E-state index contributed by atoms with van der Waals surface area (Å²) in [6, 6.07) is 0.308.